The van der Waals surface area contributed by atoms with Crippen LogP contribution in [0.25, 0.3) is 5.70 Å². The molecule has 2 aromatic rings. The van der Waals surface area contributed by atoms with Gasteiger partial charge in [-0.25, -0.2) is 0 Å². The molecule has 1 atom stereocenters. The molecule has 1 N–H and O–H groups in total. The van der Waals surface area contributed by atoms with Crippen molar-refractivity contribution >= 4 is 23.1 Å². The molecule has 1 amide bonds. The third-order valence-electron chi connectivity index (χ3n) is 5.76. The van der Waals surface area contributed by atoms with E-state index in [2.05, 4.69) is 11.4 Å². The second kappa shape index (κ2) is 4.95. The van der Waals surface area contributed by atoms with E-state index < -0.39 is 5.41 Å². The van der Waals surface area contributed by atoms with Crippen LogP contribution in [0.2, 0.25) is 0 Å². The third kappa shape index (κ3) is 1.59. The van der Waals surface area contributed by atoms with E-state index in [1.165, 1.54) is 0 Å². The van der Waals surface area contributed by atoms with Gasteiger partial charge in [-0.3, -0.25) is 9.59 Å². The molecule has 2 heterocycles. The number of allylic oxidation sites excluding steroid dienone is 1. The van der Waals surface area contributed by atoms with E-state index in [9.17, 15) is 14.9 Å². The second-order valence-electron chi connectivity index (χ2n) is 6.99. The molecular weight excluding hydrogens is 338 g/mol. The van der Waals surface area contributed by atoms with Crippen molar-refractivity contribution < 1.29 is 9.59 Å². The molecule has 27 heavy (non-hydrogen) atoms. The summed E-state index contributed by atoms with van der Waals surface area (Å²) in [5.74, 6) is -0.471. The molecule has 5 nitrogen and oxygen atoms in total. The Kier molecular flexibility index (Phi) is 2.86. The molecule has 0 fully saturated rings. The smallest absolute Gasteiger partial charge is 0.247 e. The average molecular weight is 353 g/mol. The van der Waals surface area contributed by atoms with Crippen molar-refractivity contribution in [3.63, 3.8) is 0 Å². The van der Waals surface area contributed by atoms with Gasteiger partial charge >= 0.3 is 0 Å². The van der Waals surface area contributed by atoms with Crippen molar-refractivity contribution in [3.05, 3.63) is 82.1 Å². The summed E-state index contributed by atoms with van der Waals surface area (Å²) >= 11 is 0. The van der Waals surface area contributed by atoms with Crippen LogP contribution in [0.15, 0.2) is 65.4 Å². The van der Waals surface area contributed by atoms with Crippen molar-refractivity contribution in [2.24, 2.45) is 0 Å². The van der Waals surface area contributed by atoms with Gasteiger partial charge in [0.25, 0.3) is 0 Å². The lowest BCUT2D eigenvalue weighted by molar-refractivity contribution is -0.120. The SMILES string of the molecule is CC1=C(C#N)C2(C(=O)N(C)c3ccccc32)C2=C(N1)c1ccccc1C2=O. The first kappa shape index (κ1) is 15.6. The van der Waals surface area contributed by atoms with Gasteiger partial charge in [0.05, 0.1) is 17.3 Å². The maximum Gasteiger partial charge on any atom is 0.247 e. The maximum absolute atomic E-state index is 13.6. The van der Waals surface area contributed by atoms with Crippen molar-refractivity contribution in [3.8, 4) is 6.07 Å². The minimum atomic E-state index is -1.40. The number of benzene rings is 2. The standard InChI is InChI=1S/C22H15N3O2/c1-12-16(11-23)22(15-9-5-6-10-17(15)25(2)21(22)27)18-19(24-12)13-7-3-4-8-14(13)20(18)26/h3-10,24H,1-2H3. The Labute approximate surface area is 156 Å². The molecule has 0 saturated heterocycles. The van der Waals surface area contributed by atoms with E-state index in [1.807, 2.05) is 42.5 Å². The maximum atomic E-state index is 13.6. The zero-order valence-corrected chi connectivity index (χ0v) is 14.8. The average Bonchev–Trinajstić information content (AvgIpc) is 3.09. The number of likely N-dealkylation sites (N-methyl/N-ethyl adjacent to an activating group) is 1. The predicted octanol–water partition coefficient (Wildman–Crippen LogP) is 2.91. The molecule has 130 valence electrons. The Hall–Kier alpha value is -3.65. The number of amides is 1. The summed E-state index contributed by atoms with van der Waals surface area (Å²) in [5.41, 5.74) is 3.20. The van der Waals surface area contributed by atoms with Crippen molar-refractivity contribution in [2.45, 2.75) is 12.3 Å². The van der Waals surface area contributed by atoms with Gasteiger partial charge in [0, 0.05) is 40.7 Å². The summed E-state index contributed by atoms with van der Waals surface area (Å²) in [4.78, 5) is 28.6. The predicted molar refractivity (Wildman–Crippen MR) is 101 cm³/mol. The molecule has 3 aliphatic rings. The van der Waals surface area contributed by atoms with E-state index in [-0.39, 0.29) is 17.3 Å². The molecule has 0 radical (unpaired) electrons. The van der Waals surface area contributed by atoms with Crippen LogP contribution in [0.1, 0.15) is 28.4 Å². The molecule has 0 bridgehead atoms. The lowest BCUT2D eigenvalue weighted by atomic mass is 9.66. The number of Topliss-reactive ketones (excluding diaryl/α,β-unsaturated/α-hetero) is 1. The van der Waals surface area contributed by atoms with Gasteiger partial charge in [-0.2, -0.15) is 5.26 Å². The number of nitrogens with zero attached hydrogens (tertiary/aromatic N) is 2. The number of fused-ring (bicyclic) bond motifs is 5. The minimum Gasteiger partial charge on any atom is -0.357 e. The number of anilines is 1. The van der Waals surface area contributed by atoms with E-state index >= 15 is 0 Å². The van der Waals surface area contributed by atoms with E-state index in [0.717, 1.165) is 11.3 Å². The number of nitrogens with one attached hydrogen (secondary N) is 1. The summed E-state index contributed by atoms with van der Waals surface area (Å²) in [7, 11) is 1.69. The Morgan fingerprint density at radius 3 is 2.44 bits per heavy atom. The first-order valence-electron chi connectivity index (χ1n) is 8.68. The van der Waals surface area contributed by atoms with Crippen LogP contribution < -0.4 is 10.2 Å². The van der Waals surface area contributed by atoms with Crippen LogP contribution in [0.4, 0.5) is 5.69 Å². The zero-order valence-electron chi connectivity index (χ0n) is 14.8. The van der Waals surface area contributed by atoms with Gasteiger partial charge < -0.3 is 10.2 Å². The number of rotatable bonds is 0. The van der Waals surface area contributed by atoms with E-state index in [0.29, 0.717) is 28.1 Å². The number of ketones is 1. The summed E-state index contributed by atoms with van der Waals surface area (Å²) in [5, 5.41) is 13.2. The molecule has 1 aliphatic carbocycles. The molecule has 5 rings (SSSR count). The highest BCUT2D eigenvalue weighted by atomic mass is 16.2. The fraction of sp³-hybridized carbons (Fsp3) is 0.136. The lowest BCUT2D eigenvalue weighted by Crippen LogP contribution is -2.47. The topological polar surface area (TPSA) is 73.2 Å². The minimum absolute atomic E-state index is 0.202. The number of carbonyl (C=O) groups excluding carboxylic acids is 2. The van der Waals surface area contributed by atoms with Crippen LogP contribution >= 0.6 is 0 Å². The monoisotopic (exact) mass is 353 g/mol. The van der Waals surface area contributed by atoms with Crippen LogP contribution in [0.5, 0.6) is 0 Å². The lowest BCUT2D eigenvalue weighted by Gasteiger charge is -2.34. The van der Waals surface area contributed by atoms with E-state index in [1.54, 1.807) is 24.9 Å². The molecule has 1 spiro atoms. The Balaban J connectivity index is 1.94. The number of carbonyl (C=O) groups is 2. The van der Waals surface area contributed by atoms with Gasteiger partial charge in [0.15, 0.2) is 5.78 Å². The summed E-state index contributed by atoms with van der Waals surface area (Å²) in [6.07, 6.45) is 0. The van der Waals surface area contributed by atoms with Crippen molar-refractivity contribution in [2.75, 3.05) is 11.9 Å². The highest BCUT2D eigenvalue weighted by Crippen LogP contribution is 2.56. The third-order valence-corrected chi connectivity index (χ3v) is 5.76. The molecule has 2 aromatic carbocycles. The van der Waals surface area contributed by atoms with Crippen molar-refractivity contribution in [1.29, 1.82) is 5.26 Å². The van der Waals surface area contributed by atoms with Gasteiger partial charge in [0.2, 0.25) is 5.91 Å². The number of hydrogen-bond acceptors (Lipinski definition) is 4. The van der Waals surface area contributed by atoms with Gasteiger partial charge in [0.1, 0.15) is 5.41 Å². The summed E-state index contributed by atoms with van der Waals surface area (Å²) in [6.45, 7) is 1.78. The van der Waals surface area contributed by atoms with Gasteiger partial charge in [-0.05, 0) is 13.0 Å². The number of para-hydroxylation sites is 1. The second-order valence-corrected chi connectivity index (χ2v) is 6.99. The largest absolute Gasteiger partial charge is 0.357 e. The highest BCUT2D eigenvalue weighted by molar-refractivity contribution is 6.29. The number of dihydropyridines is 1. The fourth-order valence-corrected chi connectivity index (χ4v) is 4.64. The fourth-order valence-electron chi connectivity index (χ4n) is 4.64. The van der Waals surface area contributed by atoms with Crippen molar-refractivity contribution in [1.82, 2.24) is 5.32 Å². The van der Waals surface area contributed by atoms with Crippen LogP contribution in [0, 0.1) is 11.3 Å². The molecule has 1 unspecified atom stereocenters. The molecule has 0 aromatic heterocycles. The summed E-state index contributed by atoms with van der Waals surface area (Å²) in [6, 6.07) is 16.9. The molecule has 2 aliphatic heterocycles. The first-order chi connectivity index (χ1) is 13.0. The molecule has 0 saturated carbocycles. The normalized spacial score (nSPS) is 22.6. The summed E-state index contributed by atoms with van der Waals surface area (Å²) < 4.78 is 0. The highest BCUT2D eigenvalue weighted by Gasteiger charge is 2.61. The van der Waals surface area contributed by atoms with Crippen LogP contribution in [-0.2, 0) is 10.2 Å². The number of nitriles is 1. The Morgan fingerprint density at radius 1 is 1.04 bits per heavy atom. The molecule has 5 heteroatoms. The first-order valence-corrected chi connectivity index (χ1v) is 8.68. The van der Waals surface area contributed by atoms with Crippen LogP contribution in [0.3, 0.4) is 0 Å². The van der Waals surface area contributed by atoms with Crippen LogP contribution in [-0.4, -0.2) is 18.7 Å². The van der Waals surface area contributed by atoms with Gasteiger partial charge in [-0.1, -0.05) is 42.5 Å². The molecular formula is C22H15N3O2. The number of hydrogen-bond donors (Lipinski definition) is 1. The quantitative estimate of drug-likeness (QED) is 0.790. The Morgan fingerprint density at radius 2 is 1.70 bits per heavy atom. The van der Waals surface area contributed by atoms with E-state index in [4.69, 9.17) is 0 Å². The van der Waals surface area contributed by atoms with Gasteiger partial charge in [-0.15, -0.1) is 0 Å². The zero-order chi connectivity index (χ0) is 18.9. The Bertz CT molecular complexity index is 1180.